The van der Waals surface area contributed by atoms with Crippen molar-refractivity contribution in [1.29, 1.82) is 5.26 Å². The van der Waals surface area contributed by atoms with Gasteiger partial charge in [-0.25, -0.2) is 4.39 Å². The number of hydrogen-bond acceptors (Lipinski definition) is 4. The Labute approximate surface area is 114 Å². The number of nitrogen functional groups attached to an aromatic ring is 1. The molecule has 2 rings (SSSR count). The second-order valence-electron chi connectivity index (χ2n) is 3.94. The molecule has 2 aromatic carbocycles. The van der Waals surface area contributed by atoms with Crippen LogP contribution in [0.5, 0.6) is 11.5 Å². The summed E-state index contributed by atoms with van der Waals surface area (Å²) < 4.78 is 18.8. The van der Waals surface area contributed by atoms with E-state index in [9.17, 15) is 9.18 Å². The first-order chi connectivity index (χ1) is 9.52. The van der Waals surface area contributed by atoms with E-state index < -0.39 is 11.7 Å². The van der Waals surface area contributed by atoms with Crippen LogP contribution in [-0.2, 0) is 0 Å². The number of halogens is 1. The average Bonchev–Trinajstić information content (AvgIpc) is 2.41. The number of carbonyl (C=O) groups is 1. The fourth-order valence-corrected chi connectivity index (χ4v) is 1.64. The van der Waals surface area contributed by atoms with Crippen molar-refractivity contribution in [1.82, 2.24) is 0 Å². The maximum absolute atomic E-state index is 13.4. The highest BCUT2D eigenvalue weighted by molar-refractivity contribution is 5.98. The molecule has 0 aliphatic carbocycles. The summed E-state index contributed by atoms with van der Waals surface area (Å²) in [6.07, 6.45) is 0. The lowest BCUT2D eigenvalue weighted by Gasteiger charge is -2.09. The van der Waals surface area contributed by atoms with Gasteiger partial charge < -0.3 is 16.2 Å². The van der Waals surface area contributed by atoms with E-state index in [0.717, 1.165) is 6.07 Å². The van der Waals surface area contributed by atoms with Crippen molar-refractivity contribution >= 4 is 11.6 Å². The molecule has 5 nitrogen and oxygen atoms in total. The molecule has 0 saturated heterocycles. The molecule has 0 aliphatic heterocycles. The van der Waals surface area contributed by atoms with Gasteiger partial charge in [-0.3, -0.25) is 4.79 Å². The molecule has 0 radical (unpaired) electrons. The van der Waals surface area contributed by atoms with Crippen LogP contribution in [0.25, 0.3) is 0 Å². The van der Waals surface area contributed by atoms with E-state index in [1.165, 1.54) is 30.3 Å². The summed E-state index contributed by atoms with van der Waals surface area (Å²) in [4.78, 5) is 11.2. The van der Waals surface area contributed by atoms with Gasteiger partial charge in [0.25, 0.3) is 5.91 Å². The SMILES string of the molecule is N#Cc1c(F)cccc1Oc1ccc(N)c(C(N)=O)c1. The Morgan fingerprint density at radius 3 is 2.70 bits per heavy atom. The van der Waals surface area contributed by atoms with Gasteiger partial charge in [0, 0.05) is 5.69 Å². The minimum absolute atomic E-state index is 0.0488. The highest BCUT2D eigenvalue weighted by Crippen LogP contribution is 2.28. The molecular weight excluding hydrogens is 261 g/mol. The summed E-state index contributed by atoms with van der Waals surface area (Å²) >= 11 is 0. The highest BCUT2D eigenvalue weighted by atomic mass is 19.1. The van der Waals surface area contributed by atoms with Gasteiger partial charge in [0.15, 0.2) is 0 Å². The summed E-state index contributed by atoms with van der Waals surface area (Å²) in [6, 6.07) is 10.0. The van der Waals surface area contributed by atoms with Gasteiger partial charge in [-0.2, -0.15) is 5.26 Å². The first kappa shape index (κ1) is 13.4. The van der Waals surface area contributed by atoms with Crippen LogP contribution in [0.1, 0.15) is 15.9 Å². The minimum atomic E-state index is -0.701. The molecule has 0 aliphatic rings. The average molecular weight is 271 g/mol. The number of anilines is 1. The van der Waals surface area contributed by atoms with Crippen LogP contribution in [-0.4, -0.2) is 5.91 Å². The van der Waals surface area contributed by atoms with Crippen molar-refractivity contribution in [2.24, 2.45) is 5.73 Å². The Morgan fingerprint density at radius 2 is 2.05 bits per heavy atom. The van der Waals surface area contributed by atoms with Crippen LogP contribution >= 0.6 is 0 Å². The molecule has 0 unspecified atom stereocenters. The molecular formula is C14H10FN3O2. The number of benzene rings is 2. The zero-order chi connectivity index (χ0) is 14.7. The van der Waals surface area contributed by atoms with Crippen molar-refractivity contribution < 1.29 is 13.9 Å². The first-order valence-corrected chi connectivity index (χ1v) is 5.58. The molecule has 6 heteroatoms. The van der Waals surface area contributed by atoms with E-state index in [4.69, 9.17) is 21.5 Å². The van der Waals surface area contributed by atoms with Crippen molar-refractivity contribution in [3.8, 4) is 17.6 Å². The fraction of sp³-hybridized carbons (Fsp3) is 0. The molecule has 2 aromatic rings. The number of carbonyl (C=O) groups excluding carboxylic acids is 1. The second-order valence-corrected chi connectivity index (χ2v) is 3.94. The number of rotatable bonds is 3. The van der Waals surface area contributed by atoms with E-state index in [0.29, 0.717) is 0 Å². The quantitative estimate of drug-likeness (QED) is 0.835. The monoisotopic (exact) mass is 271 g/mol. The molecule has 0 atom stereocenters. The van der Waals surface area contributed by atoms with Crippen molar-refractivity contribution in [3.05, 3.63) is 53.3 Å². The van der Waals surface area contributed by atoms with Gasteiger partial charge in [0.1, 0.15) is 28.9 Å². The molecule has 1 amide bonds. The number of ether oxygens (including phenoxy) is 1. The number of nitrogens with zero attached hydrogens (tertiary/aromatic N) is 1. The lowest BCUT2D eigenvalue weighted by atomic mass is 10.1. The largest absolute Gasteiger partial charge is 0.456 e. The third-order valence-electron chi connectivity index (χ3n) is 2.61. The summed E-state index contributed by atoms with van der Waals surface area (Å²) in [6.45, 7) is 0. The first-order valence-electron chi connectivity index (χ1n) is 5.58. The Hall–Kier alpha value is -3.07. The summed E-state index contributed by atoms with van der Waals surface area (Å²) in [5.41, 5.74) is 10.9. The number of amides is 1. The normalized spacial score (nSPS) is 9.80. The molecule has 0 fully saturated rings. The minimum Gasteiger partial charge on any atom is -0.456 e. The summed E-state index contributed by atoms with van der Waals surface area (Å²) in [7, 11) is 0. The third-order valence-corrected chi connectivity index (χ3v) is 2.61. The number of nitriles is 1. The molecule has 20 heavy (non-hydrogen) atoms. The predicted octanol–water partition coefficient (Wildman–Crippen LogP) is 2.17. The fourth-order valence-electron chi connectivity index (χ4n) is 1.64. The van der Waals surface area contributed by atoms with Crippen LogP contribution in [0.15, 0.2) is 36.4 Å². The van der Waals surface area contributed by atoms with Crippen LogP contribution < -0.4 is 16.2 Å². The van der Waals surface area contributed by atoms with Crippen LogP contribution in [0.3, 0.4) is 0 Å². The Balaban J connectivity index is 2.41. The van der Waals surface area contributed by atoms with E-state index in [-0.39, 0.29) is 28.3 Å². The topological polar surface area (TPSA) is 102 Å². The summed E-state index contributed by atoms with van der Waals surface area (Å²) in [5, 5.41) is 8.90. The van der Waals surface area contributed by atoms with Crippen LogP contribution in [0, 0.1) is 17.1 Å². The Kier molecular flexibility index (Phi) is 3.53. The second kappa shape index (κ2) is 5.28. The van der Waals surface area contributed by atoms with E-state index >= 15 is 0 Å². The van der Waals surface area contributed by atoms with Crippen LogP contribution in [0.2, 0.25) is 0 Å². The Morgan fingerprint density at radius 1 is 1.30 bits per heavy atom. The zero-order valence-electron chi connectivity index (χ0n) is 10.3. The molecule has 0 bridgehead atoms. The zero-order valence-corrected chi connectivity index (χ0v) is 10.3. The van der Waals surface area contributed by atoms with Crippen LogP contribution in [0.4, 0.5) is 10.1 Å². The van der Waals surface area contributed by atoms with Gasteiger partial charge in [-0.15, -0.1) is 0 Å². The molecule has 0 aromatic heterocycles. The lowest BCUT2D eigenvalue weighted by molar-refractivity contribution is 0.100. The molecule has 4 N–H and O–H groups in total. The smallest absolute Gasteiger partial charge is 0.250 e. The molecule has 0 heterocycles. The maximum atomic E-state index is 13.4. The summed E-state index contributed by atoms with van der Waals surface area (Å²) in [5.74, 6) is -1.11. The highest BCUT2D eigenvalue weighted by Gasteiger charge is 2.12. The van der Waals surface area contributed by atoms with Crippen molar-refractivity contribution in [2.75, 3.05) is 5.73 Å². The van der Waals surface area contributed by atoms with E-state index in [2.05, 4.69) is 0 Å². The van der Waals surface area contributed by atoms with E-state index in [1.807, 2.05) is 0 Å². The van der Waals surface area contributed by atoms with E-state index in [1.54, 1.807) is 6.07 Å². The molecule has 100 valence electrons. The lowest BCUT2D eigenvalue weighted by Crippen LogP contribution is -2.13. The number of hydrogen-bond donors (Lipinski definition) is 2. The Bertz CT molecular complexity index is 723. The van der Waals surface area contributed by atoms with Gasteiger partial charge in [-0.1, -0.05) is 6.07 Å². The van der Waals surface area contributed by atoms with Gasteiger partial charge in [0.2, 0.25) is 0 Å². The number of primary amides is 1. The van der Waals surface area contributed by atoms with Gasteiger partial charge in [-0.05, 0) is 30.3 Å². The standard InChI is InChI=1S/C14H10FN3O2/c15-11-2-1-3-13(10(11)7-16)20-8-4-5-12(17)9(6-8)14(18)19/h1-6H,17H2,(H2,18,19). The van der Waals surface area contributed by atoms with Gasteiger partial charge in [0.05, 0.1) is 5.56 Å². The van der Waals surface area contributed by atoms with Crippen molar-refractivity contribution in [2.45, 2.75) is 0 Å². The van der Waals surface area contributed by atoms with Crippen molar-refractivity contribution in [3.63, 3.8) is 0 Å². The predicted molar refractivity (Wildman–Crippen MR) is 70.6 cm³/mol. The third kappa shape index (κ3) is 2.52. The molecule has 0 saturated carbocycles. The number of nitrogens with two attached hydrogens (primary N) is 2. The maximum Gasteiger partial charge on any atom is 0.250 e. The molecule has 0 spiro atoms. The van der Waals surface area contributed by atoms with Gasteiger partial charge >= 0.3 is 0 Å².